The SMILES string of the molecule is C[C@@H]1CN(C(=O)c2cc3ccccc3c(=O)[nH]2)C[C@H](C)O1. The number of pyridine rings is 1. The molecule has 5 nitrogen and oxygen atoms in total. The van der Waals surface area contributed by atoms with E-state index in [1.54, 1.807) is 17.0 Å². The lowest BCUT2D eigenvalue weighted by atomic mass is 10.1. The maximum absolute atomic E-state index is 12.6. The Morgan fingerprint density at radius 2 is 1.90 bits per heavy atom. The number of nitrogens with zero attached hydrogens (tertiary/aromatic N) is 1. The van der Waals surface area contributed by atoms with Crippen LogP contribution >= 0.6 is 0 Å². The fourth-order valence-electron chi connectivity index (χ4n) is 2.84. The Kier molecular flexibility index (Phi) is 3.51. The lowest BCUT2D eigenvalue weighted by Gasteiger charge is -2.35. The summed E-state index contributed by atoms with van der Waals surface area (Å²) in [6.45, 7) is 4.97. The average Bonchev–Trinajstić information content (AvgIpc) is 2.45. The summed E-state index contributed by atoms with van der Waals surface area (Å²) in [4.78, 5) is 29.1. The molecular formula is C16H18N2O3. The predicted octanol–water partition coefficient (Wildman–Crippen LogP) is 1.78. The molecule has 0 radical (unpaired) electrons. The number of rotatable bonds is 1. The van der Waals surface area contributed by atoms with Crippen LogP contribution in [0.4, 0.5) is 0 Å². The lowest BCUT2D eigenvalue weighted by molar-refractivity contribution is -0.0587. The molecule has 1 aromatic carbocycles. The highest BCUT2D eigenvalue weighted by Gasteiger charge is 2.27. The fourth-order valence-corrected chi connectivity index (χ4v) is 2.84. The molecule has 1 N–H and O–H groups in total. The van der Waals surface area contributed by atoms with Gasteiger partial charge in [0.05, 0.1) is 12.2 Å². The number of fused-ring (bicyclic) bond motifs is 1. The van der Waals surface area contributed by atoms with Crippen LogP contribution in [0.15, 0.2) is 35.1 Å². The van der Waals surface area contributed by atoms with Crippen molar-refractivity contribution < 1.29 is 9.53 Å². The Bertz CT molecular complexity index is 728. The third kappa shape index (κ3) is 2.69. The van der Waals surface area contributed by atoms with E-state index in [2.05, 4.69) is 4.98 Å². The monoisotopic (exact) mass is 286 g/mol. The van der Waals surface area contributed by atoms with Crippen LogP contribution in [-0.4, -0.2) is 41.1 Å². The van der Waals surface area contributed by atoms with Crippen molar-refractivity contribution in [3.05, 3.63) is 46.4 Å². The van der Waals surface area contributed by atoms with Crippen LogP contribution in [-0.2, 0) is 4.74 Å². The second-order valence-electron chi connectivity index (χ2n) is 5.57. The van der Waals surface area contributed by atoms with E-state index in [9.17, 15) is 9.59 Å². The summed E-state index contributed by atoms with van der Waals surface area (Å²) in [6.07, 6.45) is 0.00903. The van der Waals surface area contributed by atoms with Crippen LogP contribution < -0.4 is 5.56 Å². The van der Waals surface area contributed by atoms with E-state index in [1.807, 2.05) is 32.0 Å². The van der Waals surface area contributed by atoms with Gasteiger partial charge in [0.2, 0.25) is 0 Å². The molecule has 0 aliphatic carbocycles. The first-order valence-corrected chi connectivity index (χ1v) is 7.11. The van der Waals surface area contributed by atoms with Gasteiger partial charge in [0.1, 0.15) is 5.69 Å². The lowest BCUT2D eigenvalue weighted by Crippen LogP contribution is -2.48. The Hall–Kier alpha value is -2.14. The second kappa shape index (κ2) is 5.33. The van der Waals surface area contributed by atoms with Crippen molar-refractivity contribution in [2.75, 3.05) is 13.1 Å². The summed E-state index contributed by atoms with van der Waals surface area (Å²) in [5.74, 6) is -0.153. The number of aromatic nitrogens is 1. The van der Waals surface area contributed by atoms with Gasteiger partial charge in [0, 0.05) is 18.5 Å². The van der Waals surface area contributed by atoms with E-state index in [1.165, 1.54) is 0 Å². The van der Waals surface area contributed by atoms with Gasteiger partial charge in [-0.25, -0.2) is 0 Å². The first-order chi connectivity index (χ1) is 10.0. The van der Waals surface area contributed by atoms with Gasteiger partial charge in [0.25, 0.3) is 11.5 Å². The van der Waals surface area contributed by atoms with Crippen LogP contribution in [0.5, 0.6) is 0 Å². The van der Waals surface area contributed by atoms with Crippen molar-refractivity contribution in [3.8, 4) is 0 Å². The molecule has 21 heavy (non-hydrogen) atoms. The van der Waals surface area contributed by atoms with Crippen molar-refractivity contribution >= 4 is 16.7 Å². The molecule has 1 fully saturated rings. The summed E-state index contributed by atoms with van der Waals surface area (Å²) in [7, 11) is 0. The Morgan fingerprint density at radius 1 is 1.24 bits per heavy atom. The maximum Gasteiger partial charge on any atom is 0.270 e. The number of nitrogens with one attached hydrogen (secondary N) is 1. The largest absolute Gasteiger partial charge is 0.372 e. The molecule has 1 saturated heterocycles. The first kappa shape index (κ1) is 13.8. The van der Waals surface area contributed by atoms with Crippen LogP contribution in [0.25, 0.3) is 10.8 Å². The number of ether oxygens (including phenoxy) is 1. The van der Waals surface area contributed by atoms with Crippen molar-refractivity contribution in [2.45, 2.75) is 26.1 Å². The number of hydrogen-bond donors (Lipinski definition) is 1. The molecule has 5 heteroatoms. The highest BCUT2D eigenvalue weighted by atomic mass is 16.5. The van der Waals surface area contributed by atoms with Gasteiger partial charge in [-0.2, -0.15) is 0 Å². The third-order valence-corrected chi connectivity index (χ3v) is 3.69. The number of carbonyl (C=O) groups is 1. The van der Waals surface area contributed by atoms with Crippen LogP contribution in [0.2, 0.25) is 0 Å². The summed E-state index contributed by atoms with van der Waals surface area (Å²) < 4.78 is 5.63. The minimum Gasteiger partial charge on any atom is -0.372 e. The number of H-pyrrole nitrogens is 1. The molecule has 2 heterocycles. The number of amides is 1. The minimum absolute atomic E-state index is 0.00452. The van der Waals surface area contributed by atoms with Gasteiger partial charge in [-0.05, 0) is 31.4 Å². The summed E-state index contributed by atoms with van der Waals surface area (Å²) in [5, 5.41) is 1.37. The quantitative estimate of drug-likeness (QED) is 0.869. The Labute approximate surface area is 122 Å². The molecule has 1 amide bonds. The zero-order valence-corrected chi connectivity index (χ0v) is 12.1. The molecule has 1 aliphatic heterocycles. The predicted molar refractivity (Wildman–Crippen MR) is 80.5 cm³/mol. The standard InChI is InChI=1S/C16H18N2O3/c1-10-8-18(9-11(2)21-10)16(20)14-7-12-5-3-4-6-13(12)15(19)17-14/h3-7,10-11H,8-9H2,1-2H3,(H,17,19)/t10-,11+. The molecule has 2 aromatic rings. The topological polar surface area (TPSA) is 62.4 Å². The Balaban J connectivity index is 1.96. The third-order valence-electron chi connectivity index (χ3n) is 3.69. The summed E-state index contributed by atoms with van der Waals surface area (Å²) >= 11 is 0. The zero-order valence-electron chi connectivity index (χ0n) is 12.1. The van der Waals surface area contributed by atoms with Crippen LogP contribution in [0.1, 0.15) is 24.3 Å². The van der Waals surface area contributed by atoms with Crippen molar-refractivity contribution in [1.82, 2.24) is 9.88 Å². The van der Waals surface area contributed by atoms with Crippen LogP contribution in [0, 0.1) is 0 Å². The van der Waals surface area contributed by atoms with E-state index in [4.69, 9.17) is 4.74 Å². The van der Waals surface area contributed by atoms with Crippen molar-refractivity contribution in [2.24, 2.45) is 0 Å². The van der Waals surface area contributed by atoms with Gasteiger partial charge in [0.15, 0.2) is 0 Å². The number of morpholine rings is 1. The number of aromatic amines is 1. The van der Waals surface area contributed by atoms with E-state index in [-0.39, 0.29) is 23.7 Å². The second-order valence-corrected chi connectivity index (χ2v) is 5.57. The van der Waals surface area contributed by atoms with E-state index in [0.29, 0.717) is 24.2 Å². The molecule has 1 aromatic heterocycles. The zero-order chi connectivity index (χ0) is 15.0. The molecule has 0 saturated carbocycles. The number of benzene rings is 1. The van der Waals surface area contributed by atoms with Gasteiger partial charge in [-0.1, -0.05) is 18.2 Å². The van der Waals surface area contributed by atoms with Gasteiger partial charge < -0.3 is 14.6 Å². The van der Waals surface area contributed by atoms with E-state index < -0.39 is 0 Å². The summed E-state index contributed by atoms with van der Waals surface area (Å²) in [6, 6.07) is 9.00. The normalized spacial score (nSPS) is 22.5. The molecular weight excluding hydrogens is 268 g/mol. The smallest absolute Gasteiger partial charge is 0.270 e. The van der Waals surface area contributed by atoms with E-state index in [0.717, 1.165) is 5.39 Å². The highest BCUT2D eigenvalue weighted by Crippen LogP contribution is 2.15. The van der Waals surface area contributed by atoms with Gasteiger partial charge in [-0.3, -0.25) is 9.59 Å². The van der Waals surface area contributed by atoms with Crippen LogP contribution in [0.3, 0.4) is 0 Å². The summed E-state index contributed by atoms with van der Waals surface area (Å²) in [5.41, 5.74) is 0.103. The molecule has 0 unspecified atom stereocenters. The highest BCUT2D eigenvalue weighted by molar-refractivity contribution is 5.96. The first-order valence-electron chi connectivity index (χ1n) is 7.11. The minimum atomic E-state index is -0.231. The maximum atomic E-state index is 12.6. The van der Waals surface area contributed by atoms with Crippen molar-refractivity contribution in [3.63, 3.8) is 0 Å². The number of carbonyl (C=O) groups excluding carboxylic acids is 1. The van der Waals surface area contributed by atoms with E-state index >= 15 is 0 Å². The average molecular weight is 286 g/mol. The molecule has 2 atom stereocenters. The molecule has 1 aliphatic rings. The molecule has 0 spiro atoms. The van der Waals surface area contributed by atoms with Crippen molar-refractivity contribution in [1.29, 1.82) is 0 Å². The van der Waals surface area contributed by atoms with Gasteiger partial charge in [-0.15, -0.1) is 0 Å². The molecule has 3 rings (SSSR count). The molecule has 0 bridgehead atoms. The fraction of sp³-hybridized carbons (Fsp3) is 0.375. The Morgan fingerprint density at radius 3 is 2.62 bits per heavy atom. The molecule has 110 valence electrons. The number of hydrogen-bond acceptors (Lipinski definition) is 3. The van der Waals surface area contributed by atoms with Gasteiger partial charge >= 0.3 is 0 Å².